The van der Waals surface area contributed by atoms with Gasteiger partial charge in [-0.1, -0.05) is 37.6 Å². The Morgan fingerprint density at radius 3 is 2.03 bits per heavy atom. The van der Waals surface area contributed by atoms with Crippen LogP contribution in [0.1, 0.15) is 59.1 Å². The minimum absolute atomic E-state index is 0.0601. The Balaban J connectivity index is 0.00000118. The van der Waals surface area contributed by atoms with Crippen LogP contribution < -0.4 is 16.5 Å². The Bertz CT molecular complexity index is 779. The Morgan fingerprint density at radius 1 is 1.22 bits per heavy atom. The number of nitrogens with two attached hydrogens (primary N) is 1. The number of halogens is 3. The summed E-state index contributed by atoms with van der Waals surface area (Å²) < 4.78 is 52.5. The summed E-state index contributed by atoms with van der Waals surface area (Å²) in [5, 5.41) is 18.9. The summed E-state index contributed by atoms with van der Waals surface area (Å²) in [6.45, 7) is 9.42. The summed E-state index contributed by atoms with van der Waals surface area (Å²) in [5.41, 5.74) is 4.10. The van der Waals surface area contributed by atoms with Gasteiger partial charge in [-0.25, -0.2) is 0 Å². The average Bonchev–Trinajstić information content (AvgIpc) is 2.91. The lowest BCUT2D eigenvalue weighted by Crippen LogP contribution is -2.44. The Hall–Kier alpha value is -2.13. The molecule has 0 bridgehead atoms. The number of carbonyl (C=O) groups is 1. The third kappa shape index (κ3) is 7.20. The van der Waals surface area contributed by atoms with Crippen molar-refractivity contribution in [3.8, 4) is 6.07 Å². The molecular weight excluding hydrogens is 426 g/mol. The molecule has 1 aromatic rings. The molecule has 0 radical (unpaired) electrons. The first kappa shape index (κ1) is 27.9. The maximum atomic E-state index is 13.6. The number of benzene rings is 1. The van der Waals surface area contributed by atoms with Gasteiger partial charge in [0.1, 0.15) is 12.1 Å². The molecule has 0 saturated carbocycles. The van der Waals surface area contributed by atoms with Crippen LogP contribution in [0.3, 0.4) is 0 Å². The number of aliphatic carboxylic acids is 1. The molecule has 4 N–H and O–H groups in total. The minimum atomic E-state index is -4.63. The minimum Gasteiger partial charge on any atom is -0.480 e. The van der Waals surface area contributed by atoms with Gasteiger partial charge >= 0.3 is 19.3 Å². The van der Waals surface area contributed by atoms with Gasteiger partial charge in [0, 0.05) is 0 Å². The van der Waals surface area contributed by atoms with Gasteiger partial charge in [0.25, 0.3) is 0 Å². The van der Waals surface area contributed by atoms with E-state index in [4.69, 9.17) is 14.6 Å². The van der Waals surface area contributed by atoms with Crippen LogP contribution >= 0.6 is 0 Å². The van der Waals surface area contributed by atoms with Crippen molar-refractivity contribution in [1.29, 1.82) is 5.26 Å². The maximum absolute atomic E-state index is 13.6. The van der Waals surface area contributed by atoms with Gasteiger partial charge in [0.15, 0.2) is 0 Å². The molecule has 7 nitrogen and oxygen atoms in total. The number of carboxylic acid groups (broad SMARTS) is 1. The molecule has 11 heteroatoms. The van der Waals surface area contributed by atoms with Crippen LogP contribution in [0.2, 0.25) is 0 Å². The first-order chi connectivity index (χ1) is 14.7. The highest BCUT2D eigenvalue weighted by Gasteiger charge is 2.51. The van der Waals surface area contributed by atoms with E-state index in [2.05, 4.69) is 11.1 Å². The van der Waals surface area contributed by atoms with Crippen molar-refractivity contribution >= 4 is 18.6 Å². The Labute approximate surface area is 187 Å². The van der Waals surface area contributed by atoms with Gasteiger partial charge in [-0.2, -0.15) is 18.4 Å². The van der Waals surface area contributed by atoms with E-state index in [1.807, 2.05) is 27.7 Å². The van der Waals surface area contributed by atoms with Crippen molar-refractivity contribution in [2.75, 3.05) is 6.54 Å². The average molecular weight is 457 g/mol. The molecule has 1 heterocycles. The number of alkyl halides is 3. The Morgan fingerprint density at radius 2 is 1.69 bits per heavy atom. The lowest BCUT2D eigenvalue weighted by molar-refractivity contribution is -0.163. The summed E-state index contributed by atoms with van der Waals surface area (Å²) in [7, 11) is -0.678. The van der Waals surface area contributed by atoms with Crippen LogP contribution in [0.15, 0.2) is 24.3 Å². The molecule has 32 heavy (non-hydrogen) atoms. The fraction of sp³-hybridized carbons (Fsp3) is 0.619. The van der Waals surface area contributed by atoms with Gasteiger partial charge < -0.3 is 20.1 Å². The molecule has 0 aliphatic carbocycles. The summed E-state index contributed by atoms with van der Waals surface area (Å²) in [6, 6.07) is 4.06. The van der Waals surface area contributed by atoms with Crippen molar-refractivity contribution in [2.45, 2.75) is 76.9 Å². The fourth-order valence-corrected chi connectivity index (χ4v) is 2.97. The lowest BCUT2D eigenvalue weighted by atomic mass is 9.78. The third-order valence-electron chi connectivity index (χ3n) is 5.46. The van der Waals surface area contributed by atoms with Crippen molar-refractivity contribution in [2.24, 2.45) is 5.73 Å². The van der Waals surface area contributed by atoms with Crippen LogP contribution in [-0.2, 0) is 14.1 Å². The van der Waals surface area contributed by atoms with Gasteiger partial charge in [-0.15, -0.1) is 0 Å². The van der Waals surface area contributed by atoms with Crippen LogP contribution in [0.5, 0.6) is 0 Å². The highest BCUT2D eigenvalue weighted by Crippen LogP contribution is 2.37. The molecule has 2 atom stereocenters. The predicted octanol–water partition coefficient (Wildman–Crippen LogP) is 2.90. The van der Waals surface area contributed by atoms with E-state index in [0.29, 0.717) is 11.9 Å². The maximum Gasteiger partial charge on any atom is 0.494 e. The first-order valence-corrected chi connectivity index (χ1v) is 10.3. The van der Waals surface area contributed by atoms with Crippen LogP contribution in [0.4, 0.5) is 13.2 Å². The molecular formula is C21H31BF3N3O4. The van der Waals surface area contributed by atoms with Crippen molar-refractivity contribution in [1.82, 2.24) is 5.32 Å². The fourth-order valence-electron chi connectivity index (χ4n) is 2.97. The lowest BCUT2D eigenvalue weighted by Gasteiger charge is -2.32. The number of rotatable bonds is 7. The molecule has 1 fully saturated rings. The van der Waals surface area contributed by atoms with Gasteiger partial charge in [-0.3, -0.25) is 10.1 Å². The molecule has 178 valence electrons. The second kappa shape index (κ2) is 11.1. The van der Waals surface area contributed by atoms with E-state index in [-0.39, 0.29) is 18.5 Å². The summed E-state index contributed by atoms with van der Waals surface area (Å²) in [5.74, 6) is -1.30. The van der Waals surface area contributed by atoms with Gasteiger partial charge in [0.2, 0.25) is 0 Å². The van der Waals surface area contributed by atoms with E-state index in [9.17, 15) is 23.1 Å². The molecule has 0 spiro atoms. The van der Waals surface area contributed by atoms with E-state index in [1.165, 1.54) is 24.3 Å². The van der Waals surface area contributed by atoms with Crippen molar-refractivity contribution in [3.63, 3.8) is 0 Å². The summed E-state index contributed by atoms with van der Waals surface area (Å²) in [6.07, 6.45) is -4.07. The normalized spacial score (nSPS) is 18.8. The number of nitriles is 1. The zero-order chi connectivity index (χ0) is 24.7. The molecule has 1 aliphatic heterocycles. The van der Waals surface area contributed by atoms with E-state index < -0.39 is 42.5 Å². The molecule has 0 aromatic heterocycles. The zero-order valence-corrected chi connectivity index (χ0v) is 19.0. The standard InChI is InChI=1S/C19H27BF3NO4.C2H4N2/c1-6-7-14(16(25)26)24-15(19(21,22)23)12-8-10-13(11-9-12)20-27-17(2,3)18(4,5)28-20;3-1-2-4/h8-11,14-15,24H,6-7H2,1-5H3,(H,25,26);1,3H2/t14-,15?;/m0./s1. The molecule has 2 rings (SSSR count). The van der Waals surface area contributed by atoms with Crippen LogP contribution in [0, 0.1) is 11.3 Å². The smallest absolute Gasteiger partial charge is 0.480 e. The topological polar surface area (TPSA) is 118 Å². The molecule has 1 unspecified atom stereocenters. The quantitative estimate of drug-likeness (QED) is 0.426. The van der Waals surface area contributed by atoms with E-state index in [0.717, 1.165) is 0 Å². The highest BCUT2D eigenvalue weighted by molar-refractivity contribution is 6.62. The third-order valence-corrected chi connectivity index (χ3v) is 5.46. The second-order valence-electron chi connectivity index (χ2n) is 8.44. The predicted molar refractivity (Wildman–Crippen MR) is 115 cm³/mol. The number of hydrogen-bond donors (Lipinski definition) is 3. The zero-order valence-electron chi connectivity index (χ0n) is 19.0. The summed E-state index contributed by atoms with van der Waals surface area (Å²) in [4.78, 5) is 11.3. The molecule has 1 aliphatic rings. The van der Waals surface area contributed by atoms with E-state index >= 15 is 0 Å². The SMILES string of the molecule is CCC[C@H](NC(c1ccc(B2OC(C)(C)C(C)(C)O2)cc1)C(F)(F)F)C(=O)O.N#CCN. The van der Waals surface area contributed by atoms with E-state index in [1.54, 1.807) is 13.0 Å². The highest BCUT2D eigenvalue weighted by atomic mass is 19.4. The van der Waals surface area contributed by atoms with Gasteiger partial charge in [0.05, 0.1) is 23.8 Å². The molecule has 1 aromatic carbocycles. The number of carboxylic acids is 1. The van der Waals surface area contributed by atoms with Crippen molar-refractivity contribution in [3.05, 3.63) is 29.8 Å². The second-order valence-corrected chi connectivity index (χ2v) is 8.44. The van der Waals surface area contributed by atoms with Crippen molar-refractivity contribution < 1.29 is 32.4 Å². The number of hydrogen-bond acceptors (Lipinski definition) is 6. The van der Waals surface area contributed by atoms with Crippen LogP contribution in [0.25, 0.3) is 0 Å². The monoisotopic (exact) mass is 457 g/mol. The molecule has 1 saturated heterocycles. The van der Waals surface area contributed by atoms with Crippen LogP contribution in [-0.4, -0.2) is 48.2 Å². The first-order valence-electron chi connectivity index (χ1n) is 10.3. The Kier molecular flexibility index (Phi) is 9.72. The summed E-state index contributed by atoms with van der Waals surface area (Å²) >= 11 is 0. The largest absolute Gasteiger partial charge is 0.494 e. The number of nitrogens with zero attached hydrogens (tertiary/aromatic N) is 1. The number of nitrogens with one attached hydrogen (secondary N) is 1. The van der Waals surface area contributed by atoms with Gasteiger partial charge in [-0.05, 0) is 45.1 Å². The molecule has 0 amide bonds.